The second kappa shape index (κ2) is 4.53. The molecule has 2 heteroatoms. The van der Waals surface area contributed by atoms with Gasteiger partial charge >= 0.3 is 0 Å². The van der Waals surface area contributed by atoms with Gasteiger partial charge in [0.1, 0.15) is 0 Å². The van der Waals surface area contributed by atoms with Crippen molar-refractivity contribution in [1.29, 1.82) is 0 Å². The zero-order chi connectivity index (χ0) is 12.6. The topological polar surface area (TPSA) is 30.9 Å². The summed E-state index contributed by atoms with van der Waals surface area (Å²) in [4.78, 5) is 0. The van der Waals surface area contributed by atoms with Crippen molar-refractivity contribution in [2.45, 2.75) is 39.7 Å². The number of rotatable bonds is 3. The molecular formula is C15H22N2. The monoisotopic (exact) mass is 230 g/mol. The lowest BCUT2D eigenvalue weighted by Gasteiger charge is -2.06. The van der Waals surface area contributed by atoms with Crippen molar-refractivity contribution in [3.63, 3.8) is 0 Å². The summed E-state index contributed by atoms with van der Waals surface area (Å²) in [6.07, 6.45) is 2.04. The Labute approximate surface area is 103 Å². The quantitative estimate of drug-likeness (QED) is 0.863. The highest BCUT2D eigenvalue weighted by Crippen LogP contribution is 2.27. The number of hydrogen-bond donors (Lipinski definition) is 1. The second-order valence-corrected chi connectivity index (χ2v) is 5.01. The molecule has 2 nitrogen and oxygen atoms in total. The fourth-order valence-electron chi connectivity index (χ4n) is 2.49. The molecule has 1 heterocycles. The Kier molecular flexibility index (Phi) is 3.25. The number of fused-ring (bicyclic) bond motifs is 1. The van der Waals surface area contributed by atoms with E-state index in [1.807, 2.05) is 0 Å². The first-order valence-corrected chi connectivity index (χ1v) is 6.37. The summed E-state index contributed by atoms with van der Waals surface area (Å²) < 4.78 is 2.27. The van der Waals surface area contributed by atoms with E-state index in [1.54, 1.807) is 0 Å². The zero-order valence-corrected chi connectivity index (χ0v) is 11.2. The lowest BCUT2D eigenvalue weighted by atomic mass is 10.0. The smallest absolute Gasteiger partial charge is 0.0482 e. The summed E-state index contributed by atoms with van der Waals surface area (Å²) in [5.41, 5.74) is 11.4. The fourth-order valence-corrected chi connectivity index (χ4v) is 2.49. The molecule has 2 N–H and O–H groups in total. The third-order valence-electron chi connectivity index (χ3n) is 3.62. The van der Waals surface area contributed by atoms with Crippen molar-refractivity contribution in [3.8, 4) is 0 Å². The lowest BCUT2D eigenvalue weighted by molar-refractivity contribution is 0.732. The van der Waals surface area contributed by atoms with E-state index in [0.29, 0.717) is 0 Å². The van der Waals surface area contributed by atoms with Crippen LogP contribution in [0.5, 0.6) is 0 Å². The minimum Gasteiger partial charge on any atom is -0.348 e. The molecule has 92 valence electrons. The number of benzene rings is 1. The van der Waals surface area contributed by atoms with Crippen LogP contribution in [0.1, 0.15) is 30.7 Å². The Bertz CT molecular complexity index is 535. The van der Waals surface area contributed by atoms with Crippen molar-refractivity contribution < 1.29 is 0 Å². The second-order valence-electron chi connectivity index (χ2n) is 5.01. The number of aromatic nitrogens is 1. The number of aryl methyl sites for hydroxylation is 2. The maximum Gasteiger partial charge on any atom is 0.0482 e. The van der Waals surface area contributed by atoms with E-state index >= 15 is 0 Å². The normalized spacial score (nSPS) is 13.2. The van der Waals surface area contributed by atoms with Crippen LogP contribution in [0.2, 0.25) is 0 Å². The molecule has 0 spiro atoms. The first-order valence-electron chi connectivity index (χ1n) is 6.37. The molecule has 0 aliphatic heterocycles. The van der Waals surface area contributed by atoms with Gasteiger partial charge < -0.3 is 10.3 Å². The third-order valence-corrected chi connectivity index (χ3v) is 3.62. The molecule has 1 unspecified atom stereocenters. The predicted octanol–water partition coefficient (Wildman–Crippen LogP) is 2.94. The SMILES string of the molecule is CCc1ccc2c(c1)c(CC(C)N)c(C)n2C. The number of nitrogens with zero attached hydrogens (tertiary/aromatic N) is 1. The van der Waals surface area contributed by atoms with Crippen LogP contribution < -0.4 is 5.73 Å². The minimum atomic E-state index is 0.213. The standard InChI is InChI=1S/C15H22N2/c1-5-12-6-7-15-14(9-12)13(8-10(2)16)11(3)17(15)4/h6-7,9-10H,5,8,16H2,1-4H3. The van der Waals surface area contributed by atoms with Crippen LogP contribution >= 0.6 is 0 Å². The van der Waals surface area contributed by atoms with Crippen LogP contribution in [-0.2, 0) is 19.9 Å². The Morgan fingerprint density at radius 1 is 1.35 bits per heavy atom. The van der Waals surface area contributed by atoms with E-state index in [4.69, 9.17) is 5.73 Å². The fraction of sp³-hybridized carbons (Fsp3) is 0.467. The number of nitrogens with two attached hydrogens (primary N) is 1. The van der Waals surface area contributed by atoms with Gasteiger partial charge in [-0.1, -0.05) is 13.0 Å². The Balaban J connectivity index is 2.66. The van der Waals surface area contributed by atoms with Gasteiger partial charge in [-0.3, -0.25) is 0 Å². The van der Waals surface area contributed by atoms with Gasteiger partial charge in [0.05, 0.1) is 0 Å². The molecule has 0 saturated carbocycles. The van der Waals surface area contributed by atoms with Crippen LogP contribution in [0.3, 0.4) is 0 Å². The first kappa shape index (κ1) is 12.2. The first-order chi connectivity index (χ1) is 8.04. The van der Waals surface area contributed by atoms with E-state index in [-0.39, 0.29) is 6.04 Å². The summed E-state index contributed by atoms with van der Waals surface area (Å²) in [6, 6.07) is 6.98. The van der Waals surface area contributed by atoms with Crippen LogP contribution in [-0.4, -0.2) is 10.6 Å². The minimum absolute atomic E-state index is 0.213. The van der Waals surface area contributed by atoms with Crippen molar-refractivity contribution >= 4 is 10.9 Å². The summed E-state index contributed by atoms with van der Waals surface area (Å²) in [5, 5.41) is 1.38. The highest BCUT2D eigenvalue weighted by Gasteiger charge is 2.13. The van der Waals surface area contributed by atoms with Gasteiger partial charge in [-0.15, -0.1) is 0 Å². The maximum absolute atomic E-state index is 5.95. The maximum atomic E-state index is 5.95. The van der Waals surface area contributed by atoms with Crippen molar-refractivity contribution in [3.05, 3.63) is 35.0 Å². The van der Waals surface area contributed by atoms with Crippen LogP contribution in [0, 0.1) is 6.92 Å². The van der Waals surface area contributed by atoms with E-state index in [9.17, 15) is 0 Å². The Morgan fingerprint density at radius 3 is 2.65 bits per heavy atom. The molecule has 0 aliphatic rings. The van der Waals surface area contributed by atoms with E-state index in [0.717, 1.165) is 12.8 Å². The molecule has 1 aromatic heterocycles. The molecule has 1 atom stereocenters. The van der Waals surface area contributed by atoms with Gasteiger partial charge in [0.25, 0.3) is 0 Å². The van der Waals surface area contributed by atoms with Crippen molar-refractivity contribution in [2.24, 2.45) is 12.8 Å². The molecule has 0 aliphatic carbocycles. The van der Waals surface area contributed by atoms with Gasteiger partial charge in [-0.25, -0.2) is 0 Å². The van der Waals surface area contributed by atoms with Crippen LogP contribution in [0.4, 0.5) is 0 Å². The van der Waals surface area contributed by atoms with Crippen molar-refractivity contribution in [1.82, 2.24) is 4.57 Å². The Hall–Kier alpha value is -1.28. The van der Waals surface area contributed by atoms with Crippen LogP contribution in [0.25, 0.3) is 10.9 Å². The molecule has 0 amide bonds. The molecule has 2 rings (SSSR count). The average molecular weight is 230 g/mol. The van der Waals surface area contributed by atoms with Gasteiger partial charge in [-0.05, 0) is 49.9 Å². The molecule has 0 bridgehead atoms. The number of hydrogen-bond acceptors (Lipinski definition) is 1. The molecule has 0 radical (unpaired) electrons. The molecule has 1 aromatic carbocycles. The van der Waals surface area contributed by atoms with Gasteiger partial charge in [0.2, 0.25) is 0 Å². The van der Waals surface area contributed by atoms with Crippen LogP contribution in [0.15, 0.2) is 18.2 Å². The molecule has 17 heavy (non-hydrogen) atoms. The zero-order valence-electron chi connectivity index (χ0n) is 11.2. The molecule has 0 fully saturated rings. The summed E-state index contributed by atoms with van der Waals surface area (Å²) in [7, 11) is 2.13. The van der Waals surface area contributed by atoms with Crippen molar-refractivity contribution in [2.75, 3.05) is 0 Å². The summed E-state index contributed by atoms with van der Waals surface area (Å²) in [6.45, 7) is 6.45. The Morgan fingerprint density at radius 2 is 2.06 bits per heavy atom. The summed E-state index contributed by atoms with van der Waals surface area (Å²) in [5.74, 6) is 0. The predicted molar refractivity (Wildman–Crippen MR) is 74.4 cm³/mol. The van der Waals surface area contributed by atoms with Gasteiger partial charge in [0.15, 0.2) is 0 Å². The van der Waals surface area contributed by atoms with Gasteiger partial charge in [-0.2, -0.15) is 0 Å². The molecule has 0 saturated heterocycles. The van der Waals surface area contributed by atoms with E-state index in [1.165, 1.54) is 27.7 Å². The third kappa shape index (κ3) is 2.09. The van der Waals surface area contributed by atoms with E-state index in [2.05, 4.69) is 50.6 Å². The largest absolute Gasteiger partial charge is 0.348 e. The molecule has 2 aromatic rings. The van der Waals surface area contributed by atoms with Gasteiger partial charge in [0, 0.05) is 29.7 Å². The highest BCUT2D eigenvalue weighted by molar-refractivity contribution is 5.86. The lowest BCUT2D eigenvalue weighted by Crippen LogP contribution is -2.18. The highest BCUT2D eigenvalue weighted by atomic mass is 14.9. The summed E-state index contributed by atoms with van der Waals surface area (Å²) >= 11 is 0. The van der Waals surface area contributed by atoms with E-state index < -0.39 is 0 Å². The molecular weight excluding hydrogens is 208 g/mol. The average Bonchev–Trinajstić information content (AvgIpc) is 2.53.